The van der Waals surface area contributed by atoms with Crippen LogP contribution in [0.25, 0.3) is 0 Å². The normalized spacial score (nSPS) is 22.7. The lowest BCUT2D eigenvalue weighted by atomic mass is 9.89. The fourth-order valence-corrected chi connectivity index (χ4v) is 3.71. The van der Waals surface area contributed by atoms with Crippen molar-refractivity contribution in [3.63, 3.8) is 0 Å². The molecule has 5 nitrogen and oxygen atoms in total. The molecule has 3 rings (SSSR count). The number of nitrogens with zero attached hydrogens (tertiary/aromatic N) is 3. The van der Waals surface area contributed by atoms with Crippen molar-refractivity contribution in [1.29, 1.82) is 0 Å². The van der Waals surface area contributed by atoms with Crippen LogP contribution in [-0.4, -0.2) is 39.2 Å². The average Bonchev–Trinajstić information content (AvgIpc) is 3.16. The lowest BCUT2D eigenvalue weighted by Crippen LogP contribution is -2.55. The van der Waals surface area contributed by atoms with E-state index in [1.807, 2.05) is 15.8 Å². The van der Waals surface area contributed by atoms with Gasteiger partial charge in [-0.25, -0.2) is 0 Å². The monoisotopic (exact) mass is 290 g/mol. The molecule has 1 saturated heterocycles. The van der Waals surface area contributed by atoms with E-state index < -0.39 is 5.54 Å². The van der Waals surface area contributed by atoms with Gasteiger partial charge in [0.2, 0.25) is 5.91 Å². The maximum absolute atomic E-state index is 12.6. The van der Waals surface area contributed by atoms with Crippen LogP contribution in [0.15, 0.2) is 12.4 Å². The van der Waals surface area contributed by atoms with Gasteiger partial charge in [0.25, 0.3) is 0 Å². The van der Waals surface area contributed by atoms with Crippen molar-refractivity contribution in [1.82, 2.24) is 14.7 Å². The Morgan fingerprint density at radius 1 is 1.38 bits per heavy atom. The number of rotatable bonds is 3. The van der Waals surface area contributed by atoms with Crippen molar-refractivity contribution >= 4 is 5.91 Å². The van der Waals surface area contributed by atoms with Gasteiger partial charge in [0.05, 0.1) is 11.7 Å². The summed E-state index contributed by atoms with van der Waals surface area (Å²) in [6.07, 6.45) is 10.1. The number of hydrogen-bond acceptors (Lipinski definition) is 3. The van der Waals surface area contributed by atoms with Gasteiger partial charge in [0, 0.05) is 25.8 Å². The highest BCUT2D eigenvalue weighted by Gasteiger charge is 2.40. The third kappa shape index (κ3) is 2.84. The van der Waals surface area contributed by atoms with Crippen molar-refractivity contribution < 1.29 is 4.79 Å². The summed E-state index contributed by atoms with van der Waals surface area (Å²) in [4.78, 5) is 14.6. The van der Waals surface area contributed by atoms with Gasteiger partial charge >= 0.3 is 0 Å². The zero-order valence-electron chi connectivity index (χ0n) is 12.9. The Balaban J connectivity index is 1.58. The van der Waals surface area contributed by atoms with E-state index in [1.54, 1.807) is 0 Å². The average molecular weight is 290 g/mol. The lowest BCUT2D eigenvalue weighted by molar-refractivity contribution is -0.137. The number of aryl methyl sites for hydroxylation is 1. The second-order valence-electron chi connectivity index (χ2n) is 6.56. The molecule has 0 bridgehead atoms. The molecular formula is C16H26N4O. The van der Waals surface area contributed by atoms with Crippen molar-refractivity contribution in [3.8, 4) is 0 Å². The van der Waals surface area contributed by atoms with Gasteiger partial charge in [-0.15, -0.1) is 0 Å². The first-order valence-electron chi connectivity index (χ1n) is 8.23. The van der Waals surface area contributed by atoms with Crippen LogP contribution in [0.5, 0.6) is 0 Å². The minimum Gasteiger partial charge on any atom is -0.341 e. The van der Waals surface area contributed by atoms with Gasteiger partial charge < -0.3 is 10.6 Å². The van der Waals surface area contributed by atoms with Gasteiger partial charge in [-0.1, -0.05) is 12.8 Å². The van der Waals surface area contributed by atoms with Crippen molar-refractivity contribution in [3.05, 3.63) is 18.0 Å². The number of hydrogen-bond donors (Lipinski definition) is 1. The molecule has 2 aliphatic rings. The van der Waals surface area contributed by atoms with E-state index in [9.17, 15) is 4.79 Å². The summed E-state index contributed by atoms with van der Waals surface area (Å²) < 4.78 is 1.97. The Kier molecular flexibility index (Phi) is 4.02. The molecule has 2 N–H and O–H groups in total. The predicted molar refractivity (Wildman–Crippen MR) is 81.8 cm³/mol. The number of likely N-dealkylation sites (tertiary alicyclic amines) is 1. The third-order valence-corrected chi connectivity index (χ3v) is 5.15. The number of aromatic nitrogens is 2. The number of carbonyl (C=O) groups excluding carboxylic acids is 1. The third-order valence-electron chi connectivity index (χ3n) is 5.15. The van der Waals surface area contributed by atoms with Crippen LogP contribution in [0.1, 0.15) is 56.9 Å². The minimum atomic E-state index is -0.570. The highest BCUT2D eigenvalue weighted by Crippen LogP contribution is 2.32. The Hall–Kier alpha value is -1.36. The second-order valence-corrected chi connectivity index (χ2v) is 6.56. The molecule has 0 spiro atoms. The van der Waals surface area contributed by atoms with Crippen LogP contribution in [-0.2, 0) is 11.3 Å². The van der Waals surface area contributed by atoms with E-state index in [0.717, 1.165) is 58.2 Å². The molecule has 5 heteroatoms. The fourth-order valence-electron chi connectivity index (χ4n) is 3.71. The van der Waals surface area contributed by atoms with Gasteiger partial charge in [-0.2, -0.15) is 5.10 Å². The zero-order chi connectivity index (χ0) is 14.9. The van der Waals surface area contributed by atoms with Crippen LogP contribution in [0.4, 0.5) is 0 Å². The highest BCUT2D eigenvalue weighted by atomic mass is 16.2. The molecule has 1 aromatic rings. The van der Waals surface area contributed by atoms with Gasteiger partial charge in [0.15, 0.2) is 0 Å². The number of piperidine rings is 1. The Bertz CT molecular complexity index is 496. The maximum Gasteiger partial charge on any atom is 0.242 e. The Labute approximate surface area is 126 Å². The maximum atomic E-state index is 12.6. The van der Waals surface area contributed by atoms with Crippen LogP contribution in [0, 0.1) is 0 Å². The summed E-state index contributed by atoms with van der Waals surface area (Å²) in [5, 5.41) is 4.35. The van der Waals surface area contributed by atoms with Gasteiger partial charge in [-0.3, -0.25) is 9.48 Å². The van der Waals surface area contributed by atoms with E-state index in [-0.39, 0.29) is 5.91 Å². The molecule has 1 aliphatic heterocycles. The summed E-state index contributed by atoms with van der Waals surface area (Å²) in [5.74, 6) is 0.717. The van der Waals surface area contributed by atoms with Crippen LogP contribution in [0.3, 0.4) is 0 Å². The van der Waals surface area contributed by atoms with Gasteiger partial charge in [-0.05, 0) is 44.1 Å². The topological polar surface area (TPSA) is 64.2 Å². The summed E-state index contributed by atoms with van der Waals surface area (Å²) >= 11 is 0. The van der Waals surface area contributed by atoms with Crippen molar-refractivity contribution in [2.45, 2.75) is 63.5 Å². The molecule has 0 aromatic carbocycles. The zero-order valence-corrected chi connectivity index (χ0v) is 12.9. The molecule has 1 saturated carbocycles. The highest BCUT2D eigenvalue weighted by molar-refractivity contribution is 5.86. The largest absolute Gasteiger partial charge is 0.341 e. The molecule has 2 heterocycles. The Morgan fingerprint density at radius 2 is 2.05 bits per heavy atom. The summed E-state index contributed by atoms with van der Waals surface area (Å²) in [6, 6.07) is 0. The van der Waals surface area contributed by atoms with Crippen LogP contribution in [0.2, 0.25) is 0 Å². The smallest absolute Gasteiger partial charge is 0.242 e. The van der Waals surface area contributed by atoms with Crippen LogP contribution >= 0.6 is 0 Å². The molecular weight excluding hydrogens is 264 g/mol. The van der Waals surface area contributed by atoms with E-state index in [4.69, 9.17) is 5.73 Å². The van der Waals surface area contributed by atoms with Gasteiger partial charge in [0.1, 0.15) is 0 Å². The quantitative estimate of drug-likeness (QED) is 0.924. The molecule has 2 fully saturated rings. The first-order chi connectivity index (χ1) is 10.1. The molecule has 0 atom stereocenters. The van der Waals surface area contributed by atoms with E-state index in [0.29, 0.717) is 5.92 Å². The second kappa shape index (κ2) is 5.79. The van der Waals surface area contributed by atoms with Crippen LogP contribution < -0.4 is 5.73 Å². The summed E-state index contributed by atoms with van der Waals surface area (Å²) in [7, 11) is 0. The number of carbonyl (C=O) groups is 1. The summed E-state index contributed by atoms with van der Waals surface area (Å²) in [6.45, 7) is 4.67. The number of nitrogens with two attached hydrogens (primary N) is 1. The molecule has 1 aliphatic carbocycles. The molecule has 116 valence electrons. The molecule has 1 aromatic heterocycles. The fraction of sp³-hybridized carbons (Fsp3) is 0.750. The lowest BCUT2D eigenvalue weighted by Gasteiger charge is -2.36. The van der Waals surface area contributed by atoms with E-state index in [2.05, 4.69) is 18.2 Å². The van der Waals surface area contributed by atoms with E-state index >= 15 is 0 Å². The van der Waals surface area contributed by atoms with Crippen molar-refractivity contribution in [2.75, 3.05) is 13.1 Å². The molecule has 21 heavy (non-hydrogen) atoms. The summed E-state index contributed by atoms with van der Waals surface area (Å²) in [5.41, 5.74) is 7.04. The molecule has 0 unspecified atom stereocenters. The standard InChI is InChI=1S/C16H26N4O/c1-2-20-12-14(11-18-20)13-5-9-19(10-6-13)15(21)16(17)7-3-4-8-16/h11-13H,2-10,17H2,1H3. The minimum absolute atomic E-state index is 0.183. The molecule has 1 amide bonds. The SMILES string of the molecule is CCn1cc(C2CCN(C(=O)C3(N)CCCC3)CC2)cn1. The van der Waals surface area contributed by atoms with Crippen molar-refractivity contribution in [2.24, 2.45) is 5.73 Å². The number of amides is 1. The first-order valence-corrected chi connectivity index (χ1v) is 8.23. The molecule has 0 radical (unpaired) electrons. The first kappa shape index (κ1) is 14.6. The van der Waals surface area contributed by atoms with E-state index in [1.165, 1.54) is 5.56 Å². The predicted octanol–water partition coefficient (Wildman–Crippen LogP) is 1.88. The Morgan fingerprint density at radius 3 is 2.62 bits per heavy atom.